The van der Waals surface area contributed by atoms with Gasteiger partial charge in [0.15, 0.2) is 11.6 Å². The average molecular weight is 702 g/mol. The normalized spacial score (nSPS) is 18.6. The summed E-state index contributed by atoms with van der Waals surface area (Å²) in [5.41, 5.74) is 3.46. The number of H-pyrrole nitrogens is 1. The van der Waals surface area contributed by atoms with Crippen molar-refractivity contribution in [2.24, 2.45) is 5.92 Å². The summed E-state index contributed by atoms with van der Waals surface area (Å²) in [6.07, 6.45) is 9.00. The second-order valence-corrected chi connectivity index (χ2v) is 11.4. The van der Waals surface area contributed by atoms with Crippen molar-refractivity contribution in [3.63, 3.8) is 0 Å². The molecule has 1 aliphatic carbocycles. The summed E-state index contributed by atoms with van der Waals surface area (Å²) in [5, 5.41) is 10.4. The standard InChI is InChI=1S/C16H17FN3S2.C4H7O.C4H10.U/c17-16-12-9-22(21)8-11(12)5-6-13(16)18-15-7-14(19-20-15)10-3-1-2-4-10;1-2-3-4-5;1-4(2)3;/h1,5-7,10H,2-4,8-9H2,(H2,18,19,20);2-3H2,1H3;4H,1-3H3;/q2*-1;;+2. The van der Waals surface area contributed by atoms with Crippen LogP contribution in [0.3, 0.4) is 0 Å². The van der Waals surface area contributed by atoms with Gasteiger partial charge in [-0.05, 0) is 23.5 Å². The van der Waals surface area contributed by atoms with E-state index in [0.717, 1.165) is 54.2 Å². The number of benzene rings is 1. The zero-order valence-electron chi connectivity index (χ0n) is 19.5. The zero-order valence-corrected chi connectivity index (χ0v) is 25.3. The Morgan fingerprint density at radius 3 is 2.66 bits per heavy atom. The molecule has 4 rings (SSSR count). The molecule has 0 bridgehead atoms. The third-order valence-electron chi connectivity index (χ3n) is 4.78. The Balaban J connectivity index is 0.000000441. The molecule has 0 amide bonds. The second-order valence-electron chi connectivity index (χ2n) is 8.55. The smallest absolute Gasteiger partial charge is 0.542 e. The SMILES string of the molecule is CC(C)C.CCC[C-]=O.Fc1c(Nc2cc(C3C[CH-]CC3)[nH]n2)ccc2c1CS(=S)C2.[U+2]. The van der Waals surface area contributed by atoms with E-state index in [1.807, 2.05) is 19.1 Å². The van der Waals surface area contributed by atoms with Crippen LogP contribution in [-0.4, -0.2) is 16.5 Å². The molecule has 0 saturated heterocycles. The average Bonchev–Trinajstić information content (AvgIpc) is 3.45. The summed E-state index contributed by atoms with van der Waals surface area (Å²) in [4.78, 5) is 9.28. The molecule has 1 saturated carbocycles. The third-order valence-corrected chi connectivity index (χ3v) is 6.74. The molecule has 0 spiro atoms. The van der Waals surface area contributed by atoms with Gasteiger partial charge in [0.05, 0.1) is 5.69 Å². The second kappa shape index (κ2) is 15.4. The minimum absolute atomic E-state index is 0. The molecular weight excluding hydrogens is 667 g/mol. The number of hydrogen-bond acceptors (Lipinski definition) is 4. The molecule has 1 aliphatic heterocycles. The fraction of sp³-hybridized carbons (Fsp3) is 0.542. The summed E-state index contributed by atoms with van der Waals surface area (Å²) in [7, 11) is -0.142. The third kappa shape index (κ3) is 9.37. The molecule has 2 aromatic rings. The molecule has 1 aromatic heterocycles. The molecule has 174 valence electrons. The van der Waals surface area contributed by atoms with Crippen LogP contribution in [-0.2, 0) is 36.9 Å². The first kappa shape index (κ1) is 29.5. The first-order chi connectivity index (χ1) is 14.8. The topological polar surface area (TPSA) is 57.8 Å². The van der Waals surface area contributed by atoms with Crippen LogP contribution >= 0.6 is 0 Å². The zero-order chi connectivity index (χ0) is 22.8. The van der Waals surface area contributed by atoms with E-state index >= 15 is 0 Å². The number of rotatable bonds is 5. The molecule has 2 N–H and O–H groups in total. The molecule has 0 radical (unpaired) electrons. The number of nitrogens with zero attached hydrogens (tertiary/aromatic N) is 1. The number of unbranched alkanes of at least 4 members (excludes halogenated alkanes) is 1. The summed E-state index contributed by atoms with van der Waals surface area (Å²) in [6.45, 7) is 8.45. The summed E-state index contributed by atoms with van der Waals surface area (Å²) in [6, 6.07) is 5.78. The fourth-order valence-corrected chi connectivity index (χ4v) is 5.41. The molecule has 1 aromatic carbocycles. The Hall–Kier alpha value is -0.548. The van der Waals surface area contributed by atoms with Crippen LogP contribution < -0.4 is 5.32 Å². The van der Waals surface area contributed by atoms with Gasteiger partial charge >= 0.3 is 31.1 Å². The van der Waals surface area contributed by atoms with Crippen molar-refractivity contribution in [1.82, 2.24) is 10.2 Å². The fourth-order valence-electron chi connectivity index (χ4n) is 3.32. The molecule has 8 heteroatoms. The maximum atomic E-state index is 14.6. The molecule has 2 heterocycles. The van der Waals surface area contributed by atoms with Crippen LogP contribution in [0.15, 0.2) is 18.2 Å². The van der Waals surface area contributed by atoms with Crippen LogP contribution in [0, 0.1) is 49.3 Å². The van der Waals surface area contributed by atoms with Crippen LogP contribution in [0.5, 0.6) is 0 Å². The molecule has 2 unspecified atom stereocenters. The van der Waals surface area contributed by atoms with Gasteiger partial charge in [-0.15, -0.1) is 9.45 Å². The summed E-state index contributed by atoms with van der Waals surface area (Å²) in [5.74, 6) is 3.37. The Bertz CT molecular complexity index is 864. The van der Waals surface area contributed by atoms with E-state index in [0.29, 0.717) is 29.6 Å². The predicted molar refractivity (Wildman–Crippen MR) is 132 cm³/mol. The van der Waals surface area contributed by atoms with E-state index < -0.39 is 0 Å². The number of nitrogens with one attached hydrogen (secondary N) is 2. The van der Waals surface area contributed by atoms with E-state index in [4.69, 9.17) is 11.2 Å². The first-order valence-corrected chi connectivity index (χ1v) is 13.5. The number of aromatic amines is 1. The Morgan fingerprint density at radius 1 is 1.38 bits per heavy atom. The summed E-state index contributed by atoms with van der Waals surface area (Å²) < 4.78 is 14.6. The van der Waals surface area contributed by atoms with Gasteiger partial charge in [0.2, 0.25) is 0 Å². The van der Waals surface area contributed by atoms with Gasteiger partial charge in [-0.1, -0.05) is 57.8 Å². The van der Waals surface area contributed by atoms with Gasteiger partial charge in [-0.3, -0.25) is 11.4 Å². The van der Waals surface area contributed by atoms with Gasteiger partial charge < -0.3 is 16.5 Å². The van der Waals surface area contributed by atoms with Gasteiger partial charge in [0, 0.05) is 28.8 Å². The van der Waals surface area contributed by atoms with Crippen molar-refractivity contribution in [2.75, 3.05) is 5.32 Å². The Kier molecular flexibility index (Phi) is 14.2. The number of halogens is 1. The number of carbonyl (C=O) groups excluding carboxylic acids is 1. The number of anilines is 2. The van der Waals surface area contributed by atoms with Gasteiger partial charge in [-0.25, -0.2) is 4.39 Å². The van der Waals surface area contributed by atoms with Gasteiger partial charge in [-0.2, -0.15) is 24.4 Å². The van der Waals surface area contributed by atoms with Crippen LogP contribution in [0.25, 0.3) is 0 Å². The van der Waals surface area contributed by atoms with Crippen LogP contribution in [0.4, 0.5) is 15.9 Å². The molecule has 1 fully saturated rings. The van der Waals surface area contributed by atoms with Crippen molar-refractivity contribution < 1.29 is 40.3 Å². The van der Waals surface area contributed by atoms with Gasteiger partial charge in [0.1, 0.15) is 0 Å². The molecule has 2 atom stereocenters. The van der Waals surface area contributed by atoms with Gasteiger partial charge in [0.25, 0.3) is 0 Å². The van der Waals surface area contributed by atoms with E-state index in [-0.39, 0.29) is 46.4 Å². The number of hydrogen-bond donors (Lipinski definition) is 2. The van der Waals surface area contributed by atoms with Crippen molar-refractivity contribution in [3.8, 4) is 0 Å². The van der Waals surface area contributed by atoms with Crippen molar-refractivity contribution in [1.29, 1.82) is 0 Å². The maximum Gasteiger partial charge on any atom is 2.00 e. The van der Waals surface area contributed by atoms with E-state index in [1.165, 1.54) is 0 Å². The first-order valence-electron chi connectivity index (χ1n) is 11.0. The van der Waals surface area contributed by atoms with E-state index in [9.17, 15) is 9.18 Å². The minimum Gasteiger partial charge on any atom is -0.542 e. The molecule has 4 nitrogen and oxygen atoms in total. The maximum absolute atomic E-state index is 14.6. The molecule has 32 heavy (non-hydrogen) atoms. The largest absolute Gasteiger partial charge is 2.00 e. The molecular formula is C24H34FN3OS2U. The quantitative estimate of drug-likeness (QED) is 0.354. The van der Waals surface area contributed by atoms with E-state index in [2.05, 4.69) is 42.7 Å². The Morgan fingerprint density at radius 2 is 2.09 bits per heavy atom. The monoisotopic (exact) mass is 701 g/mol. The minimum atomic E-state index is -0.170. The number of aromatic nitrogens is 2. The Labute approximate surface area is 223 Å². The predicted octanol–water partition coefficient (Wildman–Crippen LogP) is 6.42. The van der Waals surface area contributed by atoms with Crippen LogP contribution in [0.1, 0.15) is 82.5 Å². The van der Waals surface area contributed by atoms with Crippen molar-refractivity contribution in [3.05, 3.63) is 47.3 Å². The van der Waals surface area contributed by atoms with Crippen molar-refractivity contribution >= 4 is 38.4 Å². The number of fused-ring (bicyclic) bond motifs is 1. The van der Waals surface area contributed by atoms with E-state index in [1.54, 1.807) is 12.4 Å². The molecule has 2 aliphatic rings. The van der Waals surface area contributed by atoms with Crippen LogP contribution in [0.2, 0.25) is 0 Å². The summed E-state index contributed by atoms with van der Waals surface area (Å²) >= 11 is 5.32. The van der Waals surface area contributed by atoms with Crippen molar-refractivity contribution in [2.45, 2.75) is 77.2 Å².